The van der Waals surface area contributed by atoms with E-state index in [2.05, 4.69) is 37.3 Å². The molecule has 1 heterocycles. The number of amides is 2. The molecular weight excluding hydrogens is 571 g/mol. The normalized spacial score (nSPS) is 14.5. The Morgan fingerprint density at radius 1 is 1.00 bits per heavy atom. The second kappa shape index (κ2) is 10.4. The molecule has 2 amide bonds. The summed E-state index contributed by atoms with van der Waals surface area (Å²) in [4.78, 5) is 25.5. The number of nitrogens with one attached hydrogen (secondary N) is 1. The Kier molecular flexibility index (Phi) is 7.33. The number of benzene rings is 3. The number of para-hydroxylation sites is 1. The van der Waals surface area contributed by atoms with Crippen LogP contribution >= 0.6 is 31.9 Å². The zero-order valence-electron chi connectivity index (χ0n) is 18.0. The molecule has 1 N–H and O–H groups in total. The number of nitrogens with zero attached hydrogens (tertiary/aromatic N) is 1. The molecule has 1 fully saturated rings. The third-order valence-electron chi connectivity index (χ3n) is 4.99. The first kappa shape index (κ1) is 24.0. The molecule has 0 bridgehead atoms. The summed E-state index contributed by atoms with van der Waals surface area (Å²) in [6.07, 6.45) is 1.48. The molecule has 0 radical (unpaired) electrons. The molecule has 34 heavy (non-hydrogen) atoms. The van der Waals surface area contributed by atoms with Crippen molar-refractivity contribution in [2.24, 2.45) is 0 Å². The van der Waals surface area contributed by atoms with Gasteiger partial charge in [0.05, 0.1) is 16.8 Å². The zero-order chi connectivity index (χ0) is 24.2. The first-order valence-corrected chi connectivity index (χ1v) is 11.9. The summed E-state index contributed by atoms with van der Waals surface area (Å²) in [6, 6.07) is 16.8. The fraction of sp³-hybridized carbons (Fsp3) is 0.120. The summed E-state index contributed by atoms with van der Waals surface area (Å²) in [5.41, 5.74) is 4.03. The molecule has 0 saturated carbocycles. The summed E-state index contributed by atoms with van der Waals surface area (Å²) in [5, 5.41) is 1.20. The van der Waals surface area contributed by atoms with E-state index in [1.54, 1.807) is 48.5 Å². The van der Waals surface area contributed by atoms with Crippen LogP contribution in [0, 0.1) is 5.82 Å². The highest BCUT2D eigenvalue weighted by molar-refractivity contribution is 9.13. The standard InChI is InChI=1S/C25H19Br2FN2O4/c1-2-33-20-13-16(12-18-24(31)29-30(25(18)32)17-9-4-3-5-10-17)21(26)22(27)23(20)34-14-15-8-6-7-11-19(15)28/h3-13H,2,14H2,1H3,(H,29,31)/b18-12-. The molecule has 1 aliphatic heterocycles. The van der Waals surface area contributed by atoms with Crippen LogP contribution in [0.2, 0.25) is 0 Å². The van der Waals surface area contributed by atoms with Gasteiger partial charge in [0.25, 0.3) is 11.8 Å². The molecule has 3 aromatic rings. The van der Waals surface area contributed by atoms with Crippen molar-refractivity contribution < 1.29 is 23.5 Å². The Balaban J connectivity index is 1.67. The molecule has 0 aromatic heterocycles. The topological polar surface area (TPSA) is 67.9 Å². The third kappa shape index (κ3) is 4.85. The lowest BCUT2D eigenvalue weighted by Crippen LogP contribution is -2.35. The molecule has 0 unspecified atom stereocenters. The molecule has 1 aliphatic rings. The van der Waals surface area contributed by atoms with Crippen LogP contribution in [0.4, 0.5) is 10.1 Å². The van der Waals surface area contributed by atoms with Crippen molar-refractivity contribution >= 4 is 55.4 Å². The van der Waals surface area contributed by atoms with Gasteiger partial charge in [-0.1, -0.05) is 36.4 Å². The van der Waals surface area contributed by atoms with Gasteiger partial charge in [-0.3, -0.25) is 15.0 Å². The maximum atomic E-state index is 14.0. The molecule has 9 heteroatoms. The molecule has 6 nitrogen and oxygen atoms in total. The number of rotatable bonds is 7. The van der Waals surface area contributed by atoms with E-state index >= 15 is 0 Å². The van der Waals surface area contributed by atoms with Crippen LogP contribution < -0.4 is 19.9 Å². The second-order valence-electron chi connectivity index (χ2n) is 7.21. The van der Waals surface area contributed by atoms with Gasteiger partial charge >= 0.3 is 0 Å². The van der Waals surface area contributed by atoms with E-state index in [9.17, 15) is 14.0 Å². The second-order valence-corrected chi connectivity index (χ2v) is 8.80. The van der Waals surface area contributed by atoms with Crippen molar-refractivity contribution in [2.75, 3.05) is 11.6 Å². The van der Waals surface area contributed by atoms with Gasteiger partial charge in [0.1, 0.15) is 18.0 Å². The lowest BCUT2D eigenvalue weighted by atomic mass is 10.1. The largest absolute Gasteiger partial charge is 0.490 e. The smallest absolute Gasteiger partial charge is 0.282 e. The van der Waals surface area contributed by atoms with Gasteiger partial charge in [-0.15, -0.1) is 0 Å². The van der Waals surface area contributed by atoms with Gasteiger partial charge in [0, 0.05) is 10.0 Å². The minimum atomic E-state index is -0.519. The summed E-state index contributed by atoms with van der Waals surface area (Å²) in [6.45, 7) is 2.16. The number of hydrogen-bond donors (Lipinski definition) is 1. The van der Waals surface area contributed by atoms with E-state index in [0.29, 0.717) is 43.9 Å². The van der Waals surface area contributed by atoms with Crippen LogP contribution in [0.15, 0.2) is 75.2 Å². The quantitative estimate of drug-likeness (QED) is 0.280. The Labute approximate surface area is 212 Å². The van der Waals surface area contributed by atoms with E-state index in [-0.39, 0.29) is 18.0 Å². The van der Waals surface area contributed by atoms with E-state index in [1.165, 1.54) is 17.2 Å². The molecule has 0 atom stereocenters. The van der Waals surface area contributed by atoms with Crippen LogP contribution in [-0.4, -0.2) is 18.4 Å². The molecule has 1 saturated heterocycles. The minimum Gasteiger partial charge on any atom is -0.490 e. The molecular formula is C25H19Br2FN2O4. The monoisotopic (exact) mass is 588 g/mol. The summed E-state index contributed by atoms with van der Waals surface area (Å²) < 4.78 is 26.7. The van der Waals surface area contributed by atoms with Crippen LogP contribution in [0.5, 0.6) is 11.5 Å². The molecule has 4 rings (SSSR count). The fourth-order valence-corrected chi connectivity index (χ4v) is 4.29. The Bertz CT molecular complexity index is 1280. The zero-order valence-corrected chi connectivity index (χ0v) is 21.2. The predicted octanol–water partition coefficient (Wildman–Crippen LogP) is 5.79. The van der Waals surface area contributed by atoms with Crippen molar-refractivity contribution in [1.82, 2.24) is 5.43 Å². The van der Waals surface area contributed by atoms with Gasteiger partial charge in [-0.05, 0) is 74.7 Å². The minimum absolute atomic E-state index is 0.00878. The summed E-state index contributed by atoms with van der Waals surface area (Å²) in [7, 11) is 0. The van der Waals surface area contributed by atoms with E-state index in [0.717, 1.165) is 0 Å². The first-order chi connectivity index (χ1) is 16.4. The lowest BCUT2D eigenvalue weighted by Gasteiger charge is -2.17. The van der Waals surface area contributed by atoms with Crippen molar-refractivity contribution in [3.8, 4) is 11.5 Å². The van der Waals surface area contributed by atoms with Gasteiger partial charge in [0.15, 0.2) is 11.5 Å². The number of halogens is 3. The number of hydrazine groups is 1. The van der Waals surface area contributed by atoms with Crippen LogP contribution in [0.25, 0.3) is 6.08 Å². The highest BCUT2D eigenvalue weighted by Gasteiger charge is 2.34. The molecule has 174 valence electrons. The first-order valence-electron chi connectivity index (χ1n) is 10.3. The predicted molar refractivity (Wildman–Crippen MR) is 134 cm³/mol. The van der Waals surface area contributed by atoms with Gasteiger partial charge in [-0.25, -0.2) is 9.40 Å². The van der Waals surface area contributed by atoms with Crippen LogP contribution in [0.3, 0.4) is 0 Å². The maximum Gasteiger partial charge on any atom is 0.282 e. The highest BCUT2D eigenvalue weighted by Crippen LogP contribution is 2.44. The highest BCUT2D eigenvalue weighted by atomic mass is 79.9. The third-order valence-corrected chi connectivity index (χ3v) is 7.13. The van der Waals surface area contributed by atoms with Gasteiger partial charge < -0.3 is 9.47 Å². The Morgan fingerprint density at radius 3 is 2.41 bits per heavy atom. The van der Waals surface area contributed by atoms with Crippen molar-refractivity contribution in [1.29, 1.82) is 0 Å². The molecule has 0 aliphatic carbocycles. The van der Waals surface area contributed by atoms with Crippen molar-refractivity contribution in [2.45, 2.75) is 13.5 Å². The molecule has 0 spiro atoms. The number of carbonyl (C=O) groups excluding carboxylic acids is 2. The number of anilines is 1. The average molecular weight is 590 g/mol. The van der Waals surface area contributed by atoms with E-state index in [4.69, 9.17) is 9.47 Å². The van der Waals surface area contributed by atoms with E-state index < -0.39 is 11.8 Å². The summed E-state index contributed by atoms with van der Waals surface area (Å²) in [5.74, 6) is -0.615. The Hall–Kier alpha value is -3.17. The SMILES string of the molecule is CCOc1cc(/C=C2/C(=O)NN(c3ccccc3)C2=O)c(Br)c(Br)c1OCc1ccccc1F. The van der Waals surface area contributed by atoms with Gasteiger partial charge in [0.2, 0.25) is 0 Å². The van der Waals surface area contributed by atoms with E-state index in [1.807, 2.05) is 13.0 Å². The number of hydrogen-bond acceptors (Lipinski definition) is 4. The summed E-state index contributed by atoms with van der Waals surface area (Å²) >= 11 is 7.01. The van der Waals surface area contributed by atoms with Gasteiger partial charge in [-0.2, -0.15) is 0 Å². The van der Waals surface area contributed by atoms with Crippen molar-refractivity contribution in [3.63, 3.8) is 0 Å². The molecule has 3 aromatic carbocycles. The number of ether oxygens (including phenoxy) is 2. The van der Waals surface area contributed by atoms with Crippen LogP contribution in [0.1, 0.15) is 18.1 Å². The average Bonchev–Trinajstić information content (AvgIpc) is 3.12. The van der Waals surface area contributed by atoms with Crippen LogP contribution in [-0.2, 0) is 16.2 Å². The fourth-order valence-electron chi connectivity index (χ4n) is 3.34. The van der Waals surface area contributed by atoms with Crippen molar-refractivity contribution in [3.05, 3.63) is 92.1 Å². The lowest BCUT2D eigenvalue weighted by molar-refractivity contribution is -0.117. The number of carbonyl (C=O) groups is 2. The maximum absolute atomic E-state index is 14.0. The Morgan fingerprint density at radius 2 is 1.71 bits per heavy atom.